The van der Waals surface area contributed by atoms with Gasteiger partial charge in [0.1, 0.15) is 6.04 Å². The van der Waals surface area contributed by atoms with Gasteiger partial charge in [-0.15, -0.1) is 0 Å². The summed E-state index contributed by atoms with van der Waals surface area (Å²) < 4.78 is 5.80. The number of ether oxygens (including phenoxy) is 1. The topological polar surface area (TPSA) is 77.7 Å². The van der Waals surface area contributed by atoms with Crippen LogP contribution < -0.4 is 21.7 Å². The van der Waals surface area contributed by atoms with Crippen LogP contribution in [0.4, 0.5) is 0 Å². The summed E-state index contributed by atoms with van der Waals surface area (Å²) in [5, 5.41) is 3.04. The van der Waals surface area contributed by atoms with Crippen LogP contribution in [-0.2, 0) is 9.53 Å². The maximum absolute atomic E-state index is 12.6. The van der Waals surface area contributed by atoms with E-state index in [0.717, 1.165) is 31.3 Å². The van der Waals surface area contributed by atoms with Crippen molar-refractivity contribution in [2.75, 3.05) is 26.2 Å². The summed E-state index contributed by atoms with van der Waals surface area (Å²) in [6, 6.07) is 10.3. The molecule has 7 nitrogen and oxygen atoms in total. The molecule has 3 unspecified atom stereocenters. The Morgan fingerprint density at radius 3 is 2.88 bits per heavy atom. The van der Waals surface area contributed by atoms with Crippen LogP contribution in [0.5, 0.6) is 0 Å². The minimum absolute atomic E-state index is 0.0199. The average molecular weight is 331 g/mol. The second-order valence-corrected chi connectivity index (χ2v) is 6.74. The van der Waals surface area contributed by atoms with E-state index in [1.807, 2.05) is 30.3 Å². The lowest BCUT2D eigenvalue weighted by Crippen LogP contribution is -2.51. The van der Waals surface area contributed by atoms with Crippen LogP contribution in [-0.4, -0.2) is 55.2 Å². The normalized spacial score (nSPS) is 31.1. The number of benzene rings is 1. The average Bonchev–Trinajstić information content (AvgIpc) is 3.37. The minimum atomic E-state index is -0.351. The zero-order valence-electron chi connectivity index (χ0n) is 13.7. The van der Waals surface area contributed by atoms with Gasteiger partial charge in [0.05, 0.1) is 18.8 Å². The first kappa shape index (κ1) is 16.0. The molecule has 1 aliphatic carbocycles. The molecule has 4 N–H and O–H groups in total. The van der Waals surface area contributed by atoms with Crippen molar-refractivity contribution in [3.63, 3.8) is 0 Å². The number of nitrogens with zero attached hydrogens (tertiary/aromatic N) is 1. The van der Waals surface area contributed by atoms with Crippen molar-refractivity contribution < 1.29 is 9.53 Å². The molecule has 24 heavy (non-hydrogen) atoms. The van der Waals surface area contributed by atoms with Crippen molar-refractivity contribution in [3.8, 4) is 0 Å². The van der Waals surface area contributed by atoms with Gasteiger partial charge in [0, 0.05) is 25.7 Å². The predicted octanol–water partition coefficient (Wildman–Crippen LogP) is -0.312. The first-order valence-corrected chi connectivity index (χ1v) is 8.75. The molecule has 1 saturated carbocycles. The molecule has 0 spiro atoms. The second kappa shape index (κ2) is 7.16. The summed E-state index contributed by atoms with van der Waals surface area (Å²) in [6.07, 6.45) is 2.70. The maximum Gasteiger partial charge on any atom is 0.240 e. The molecular weight excluding hydrogens is 306 g/mol. The Hall–Kier alpha value is -1.51. The third kappa shape index (κ3) is 3.60. The molecule has 2 aliphatic heterocycles. The highest BCUT2D eigenvalue weighted by molar-refractivity contribution is 5.83. The van der Waals surface area contributed by atoms with Gasteiger partial charge in [-0.2, -0.15) is 5.53 Å². The highest BCUT2D eigenvalue weighted by Crippen LogP contribution is 2.28. The van der Waals surface area contributed by atoms with E-state index in [0.29, 0.717) is 6.54 Å². The Morgan fingerprint density at radius 1 is 1.25 bits per heavy atom. The van der Waals surface area contributed by atoms with Crippen LogP contribution in [0.25, 0.3) is 0 Å². The molecule has 1 aromatic carbocycles. The standard InChI is InChI=1S/C17H25N5O2/c23-17(16-15(19-21-20-16)12-4-2-1-3-5-12)18-10-14-11-22(8-9-24-14)13-6-7-13/h1-5,13-16,19-21H,6-11H2,(H,18,23). The number of hydrogen-bond acceptors (Lipinski definition) is 6. The van der Waals surface area contributed by atoms with Gasteiger partial charge in [0.25, 0.3) is 0 Å². The molecule has 0 bridgehead atoms. The number of carbonyl (C=O) groups excluding carboxylic acids is 1. The molecule has 0 radical (unpaired) electrons. The van der Waals surface area contributed by atoms with Gasteiger partial charge in [-0.1, -0.05) is 30.3 Å². The van der Waals surface area contributed by atoms with Crippen molar-refractivity contribution in [1.82, 2.24) is 26.6 Å². The van der Waals surface area contributed by atoms with Gasteiger partial charge < -0.3 is 10.1 Å². The fourth-order valence-electron chi connectivity index (χ4n) is 3.48. The molecule has 130 valence electrons. The van der Waals surface area contributed by atoms with Gasteiger partial charge in [0.15, 0.2) is 0 Å². The lowest BCUT2D eigenvalue weighted by atomic mass is 10.0. The molecular formula is C17H25N5O2. The summed E-state index contributed by atoms with van der Waals surface area (Å²) >= 11 is 0. The van der Waals surface area contributed by atoms with Crippen molar-refractivity contribution in [3.05, 3.63) is 35.9 Å². The first-order valence-electron chi connectivity index (χ1n) is 8.75. The third-order valence-corrected chi connectivity index (χ3v) is 4.97. The fraction of sp³-hybridized carbons (Fsp3) is 0.588. The fourth-order valence-corrected chi connectivity index (χ4v) is 3.48. The van der Waals surface area contributed by atoms with Gasteiger partial charge in [-0.05, 0) is 18.4 Å². The Labute approximate surface area is 142 Å². The molecule has 1 amide bonds. The summed E-state index contributed by atoms with van der Waals surface area (Å²) in [5.41, 5.74) is 10.1. The summed E-state index contributed by atoms with van der Waals surface area (Å²) in [7, 11) is 0. The minimum Gasteiger partial charge on any atom is -0.374 e. The summed E-state index contributed by atoms with van der Waals surface area (Å²) in [5.74, 6) is -0.0199. The van der Waals surface area contributed by atoms with Crippen LogP contribution in [0.1, 0.15) is 24.4 Å². The van der Waals surface area contributed by atoms with E-state index in [-0.39, 0.29) is 24.1 Å². The van der Waals surface area contributed by atoms with E-state index < -0.39 is 0 Å². The van der Waals surface area contributed by atoms with Crippen LogP contribution in [0, 0.1) is 0 Å². The van der Waals surface area contributed by atoms with Crippen molar-refractivity contribution >= 4 is 5.91 Å². The summed E-state index contributed by atoms with van der Waals surface area (Å²) in [4.78, 5) is 15.1. The number of hydrazine groups is 2. The lowest BCUT2D eigenvalue weighted by molar-refractivity contribution is -0.124. The number of nitrogens with one attached hydrogen (secondary N) is 4. The zero-order chi connectivity index (χ0) is 16.4. The highest BCUT2D eigenvalue weighted by Gasteiger charge is 2.35. The van der Waals surface area contributed by atoms with E-state index in [1.54, 1.807) is 0 Å². The van der Waals surface area contributed by atoms with E-state index >= 15 is 0 Å². The Balaban J connectivity index is 1.30. The first-order chi connectivity index (χ1) is 11.8. The third-order valence-electron chi connectivity index (χ3n) is 4.97. The largest absolute Gasteiger partial charge is 0.374 e. The predicted molar refractivity (Wildman–Crippen MR) is 89.7 cm³/mol. The molecule has 2 heterocycles. The Kier molecular flexibility index (Phi) is 4.77. The number of rotatable bonds is 5. The highest BCUT2D eigenvalue weighted by atomic mass is 16.5. The van der Waals surface area contributed by atoms with E-state index in [9.17, 15) is 4.79 Å². The van der Waals surface area contributed by atoms with Gasteiger partial charge in [0.2, 0.25) is 5.91 Å². The molecule has 4 rings (SSSR count). The maximum atomic E-state index is 12.6. The Bertz CT molecular complexity index is 565. The quantitative estimate of drug-likeness (QED) is 0.593. The van der Waals surface area contributed by atoms with Crippen LogP contribution in [0.2, 0.25) is 0 Å². The van der Waals surface area contributed by atoms with Crippen LogP contribution >= 0.6 is 0 Å². The lowest BCUT2D eigenvalue weighted by Gasteiger charge is -2.33. The molecule has 3 aliphatic rings. The second-order valence-electron chi connectivity index (χ2n) is 6.74. The van der Waals surface area contributed by atoms with Crippen molar-refractivity contribution in [1.29, 1.82) is 0 Å². The molecule has 2 saturated heterocycles. The van der Waals surface area contributed by atoms with Gasteiger partial charge in [-0.3, -0.25) is 9.69 Å². The van der Waals surface area contributed by atoms with Crippen LogP contribution in [0.15, 0.2) is 30.3 Å². The Morgan fingerprint density at radius 2 is 2.08 bits per heavy atom. The molecule has 7 heteroatoms. The molecule has 0 aromatic heterocycles. The van der Waals surface area contributed by atoms with Gasteiger partial charge >= 0.3 is 0 Å². The van der Waals surface area contributed by atoms with E-state index in [2.05, 4.69) is 26.6 Å². The zero-order valence-corrected chi connectivity index (χ0v) is 13.7. The SMILES string of the molecule is O=C(NCC1CN(C2CC2)CCO1)C1NNNC1c1ccccc1. The van der Waals surface area contributed by atoms with E-state index in [4.69, 9.17) is 4.74 Å². The number of hydrogen-bond donors (Lipinski definition) is 4. The number of carbonyl (C=O) groups is 1. The van der Waals surface area contributed by atoms with Crippen LogP contribution in [0.3, 0.4) is 0 Å². The van der Waals surface area contributed by atoms with Crippen molar-refractivity contribution in [2.45, 2.75) is 37.1 Å². The molecule has 1 aromatic rings. The number of amides is 1. The molecule has 3 fully saturated rings. The van der Waals surface area contributed by atoms with E-state index in [1.165, 1.54) is 12.8 Å². The summed E-state index contributed by atoms with van der Waals surface area (Å²) in [6.45, 7) is 3.25. The van der Waals surface area contributed by atoms with Gasteiger partial charge in [-0.25, -0.2) is 10.9 Å². The monoisotopic (exact) mass is 331 g/mol. The molecule has 3 atom stereocenters. The number of morpholine rings is 1. The van der Waals surface area contributed by atoms with Crippen molar-refractivity contribution in [2.24, 2.45) is 0 Å². The smallest absolute Gasteiger partial charge is 0.240 e.